The van der Waals surface area contributed by atoms with Crippen LogP contribution in [0.5, 0.6) is 0 Å². The maximum atomic E-state index is 14.5. The first-order valence-electron chi connectivity index (χ1n) is 9.23. The predicted octanol–water partition coefficient (Wildman–Crippen LogP) is 2.29. The van der Waals surface area contributed by atoms with Crippen LogP contribution < -0.4 is 15.5 Å². The molecule has 6 heteroatoms. The summed E-state index contributed by atoms with van der Waals surface area (Å²) in [5.74, 6) is 1.15. The number of likely N-dealkylation sites (N-methyl/N-ethyl adjacent to an activating group) is 1. The van der Waals surface area contributed by atoms with E-state index in [4.69, 9.17) is 0 Å². The second-order valence-corrected chi connectivity index (χ2v) is 6.91. The Kier molecular flexibility index (Phi) is 7.50. The Balaban J connectivity index is 1.91. The van der Waals surface area contributed by atoms with Crippen molar-refractivity contribution in [2.45, 2.75) is 27.3 Å². The topological polar surface area (TPSA) is 42.9 Å². The van der Waals surface area contributed by atoms with Gasteiger partial charge in [0.1, 0.15) is 5.82 Å². The van der Waals surface area contributed by atoms with E-state index in [1.165, 1.54) is 0 Å². The van der Waals surface area contributed by atoms with Crippen LogP contribution in [0, 0.1) is 11.7 Å². The van der Waals surface area contributed by atoms with Crippen LogP contribution in [0.4, 0.5) is 10.1 Å². The van der Waals surface area contributed by atoms with Crippen LogP contribution in [-0.4, -0.2) is 57.2 Å². The number of anilines is 1. The highest BCUT2D eigenvalue weighted by Gasteiger charge is 2.18. The second kappa shape index (κ2) is 9.61. The highest BCUT2D eigenvalue weighted by Crippen LogP contribution is 2.22. The molecule has 0 aromatic heterocycles. The minimum atomic E-state index is -0.144. The molecule has 1 aromatic carbocycles. The molecule has 0 bridgehead atoms. The number of benzene rings is 1. The van der Waals surface area contributed by atoms with Gasteiger partial charge in [0.15, 0.2) is 5.96 Å². The Labute approximate surface area is 151 Å². The van der Waals surface area contributed by atoms with Gasteiger partial charge in [-0.3, -0.25) is 4.99 Å². The summed E-state index contributed by atoms with van der Waals surface area (Å²) in [6.07, 6.45) is 0. The number of hydrogen-bond acceptors (Lipinski definition) is 3. The molecule has 1 saturated heterocycles. The van der Waals surface area contributed by atoms with E-state index in [0.717, 1.165) is 50.8 Å². The van der Waals surface area contributed by atoms with Gasteiger partial charge in [0.05, 0.1) is 5.69 Å². The van der Waals surface area contributed by atoms with Crippen LogP contribution in [0.15, 0.2) is 23.2 Å². The van der Waals surface area contributed by atoms with E-state index in [-0.39, 0.29) is 5.82 Å². The number of hydrogen-bond donors (Lipinski definition) is 2. The van der Waals surface area contributed by atoms with Gasteiger partial charge in [0.25, 0.3) is 0 Å². The number of nitrogens with zero attached hydrogens (tertiary/aromatic N) is 3. The maximum Gasteiger partial charge on any atom is 0.191 e. The molecule has 0 saturated carbocycles. The standard InChI is InChI=1S/C19H32FN5/c1-5-24-8-10-25(11-9-24)18-7-6-16(12-17(18)20)14-23-19(21-4)22-13-15(2)3/h6-7,12,15H,5,8-11,13-14H2,1-4H3,(H2,21,22,23). The molecule has 25 heavy (non-hydrogen) atoms. The van der Waals surface area contributed by atoms with Crippen LogP contribution >= 0.6 is 0 Å². The van der Waals surface area contributed by atoms with Gasteiger partial charge >= 0.3 is 0 Å². The molecule has 1 aliphatic rings. The van der Waals surface area contributed by atoms with Crippen LogP contribution in [0.1, 0.15) is 26.3 Å². The summed E-state index contributed by atoms with van der Waals surface area (Å²) >= 11 is 0. The Morgan fingerprint density at radius 2 is 1.92 bits per heavy atom. The van der Waals surface area contributed by atoms with Gasteiger partial charge in [-0.05, 0) is 30.2 Å². The lowest BCUT2D eigenvalue weighted by Gasteiger charge is -2.35. The maximum absolute atomic E-state index is 14.5. The first-order chi connectivity index (χ1) is 12.0. The van der Waals surface area contributed by atoms with Crippen molar-refractivity contribution in [1.82, 2.24) is 15.5 Å². The number of aliphatic imine (C=N–C) groups is 1. The Morgan fingerprint density at radius 1 is 1.20 bits per heavy atom. The molecule has 1 aliphatic heterocycles. The summed E-state index contributed by atoms with van der Waals surface area (Å²) in [6, 6.07) is 5.52. The molecule has 2 N–H and O–H groups in total. The Bertz CT molecular complexity index is 565. The van der Waals surface area contributed by atoms with Crippen molar-refractivity contribution >= 4 is 11.6 Å². The monoisotopic (exact) mass is 349 g/mol. The first-order valence-corrected chi connectivity index (χ1v) is 9.23. The Morgan fingerprint density at radius 3 is 2.48 bits per heavy atom. The third-order valence-corrected chi connectivity index (χ3v) is 4.53. The Hall–Kier alpha value is -1.82. The van der Waals surface area contributed by atoms with Gasteiger partial charge in [0, 0.05) is 46.3 Å². The van der Waals surface area contributed by atoms with Gasteiger partial charge in [-0.25, -0.2) is 4.39 Å². The highest BCUT2D eigenvalue weighted by atomic mass is 19.1. The molecule has 0 atom stereocenters. The van der Waals surface area contributed by atoms with Crippen molar-refractivity contribution in [3.8, 4) is 0 Å². The van der Waals surface area contributed by atoms with E-state index in [1.807, 2.05) is 12.1 Å². The fraction of sp³-hybridized carbons (Fsp3) is 0.632. The van der Waals surface area contributed by atoms with E-state index < -0.39 is 0 Å². The lowest BCUT2D eigenvalue weighted by Crippen LogP contribution is -2.46. The quantitative estimate of drug-likeness (QED) is 0.611. The molecule has 1 heterocycles. The third kappa shape index (κ3) is 5.88. The van der Waals surface area contributed by atoms with Gasteiger partial charge in [0.2, 0.25) is 0 Å². The van der Waals surface area contributed by atoms with Crippen molar-refractivity contribution in [2.75, 3.05) is 51.2 Å². The number of halogens is 1. The fourth-order valence-corrected chi connectivity index (χ4v) is 2.93. The molecule has 2 rings (SSSR count). The van der Waals surface area contributed by atoms with Gasteiger partial charge in [-0.1, -0.05) is 26.8 Å². The molecule has 0 unspecified atom stereocenters. The zero-order valence-corrected chi connectivity index (χ0v) is 16.0. The van der Waals surface area contributed by atoms with E-state index in [9.17, 15) is 4.39 Å². The predicted molar refractivity (Wildman–Crippen MR) is 104 cm³/mol. The molecule has 0 spiro atoms. The number of nitrogens with one attached hydrogen (secondary N) is 2. The minimum Gasteiger partial charge on any atom is -0.367 e. The average molecular weight is 349 g/mol. The third-order valence-electron chi connectivity index (χ3n) is 4.53. The summed E-state index contributed by atoms with van der Waals surface area (Å²) in [5, 5.41) is 6.49. The first kappa shape index (κ1) is 19.5. The van der Waals surface area contributed by atoms with Crippen molar-refractivity contribution in [3.63, 3.8) is 0 Å². The molecule has 140 valence electrons. The van der Waals surface area contributed by atoms with Crippen LogP contribution in [-0.2, 0) is 6.54 Å². The lowest BCUT2D eigenvalue weighted by atomic mass is 10.1. The van der Waals surface area contributed by atoms with Crippen molar-refractivity contribution in [3.05, 3.63) is 29.6 Å². The summed E-state index contributed by atoms with van der Waals surface area (Å²) in [7, 11) is 1.75. The van der Waals surface area contributed by atoms with Crippen LogP contribution in [0.25, 0.3) is 0 Å². The van der Waals surface area contributed by atoms with Gasteiger partial charge < -0.3 is 20.4 Å². The van der Waals surface area contributed by atoms with E-state index in [0.29, 0.717) is 18.2 Å². The summed E-state index contributed by atoms with van der Waals surface area (Å²) in [4.78, 5) is 8.72. The molecular formula is C19H32FN5. The molecular weight excluding hydrogens is 317 g/mol. The molecule has 0 amide bonds. The minimum absolute atomic E-state index is 0.144. The second-order valence-electron chi connectivity index (χ2n) is 6.91. The summed E-state index contributed by atoms with van der Waals surface area (Å²) in [6.45, 7) is 12.7. The van der Waals surface area contributed by atoms with E-state index in [2.05, 4.69) is 46.2 Å². The van der Waals surface area contributed by atoms with Crippen molar-refractivity contribution in [1.29, 1.82) is 0 Å². The molecule has 1 aromatic rings. The number of piperazine rings is 1. The van der Waals surface area contributed by atoms with Crippen LogP contribution in [0.2, 0.25) is 0 Å². The summed E-state index contributed by atoms with van der Waals surface area (Å²) < 4.78 is 14.5. The lowest BCUT2D eigenvalue weighted by molar-refractivity contribution is 0.270. The fourth-order valence-electron chi connectivity index (χ4n) is 2.93. The smallest absolute Gasteiger partial charge is 0.191 e. The molecule has 0 radical (unpaired) electrons. The normalized spacial score (nSPS) is 16.4. The molecule has 1 fully saturated rings. The SMILES string of the molecule is CCN1CCN(c2ccc(CNC(=NC)NCC(C)C)cc2F)CC1. The highest BCUT2D eigenvalue weighted by molar-refractivity contribution is 5.79. The largest absolute Gasteiger partial charge is 0.367 e. The van der Waals surface area contributed by atoms with Crippen LogP contribution in [0.3, 0.4) is 0 Å². The zero-order valence-electron chi connectivity index (χ0n) is 16.0. The van der Waals surface area contributed by atoms with Gasteiger partial charge in [-0.2, -0.15) is 0 Å². The van der Waals surface area contributed by atoms with E-state index in [1.54, 1.807) is 13.1 Å². The van der Waals surface area contributed by atoms with E-state index >= 15 is 0 Å². The van der Waals surface area contributed by atoms with Gasteiger partial charge in [-0.15, -0.1) is 0 Å². The molecule has 0 aliphatic carbocycles. The molecule has 5 nitrogen and oxygen atoms in total. The zero-order chi connectivity index (χ0) is 18.2. The summed E-state index contributed by atoms with van der Waals surface area (Å²) in [5.41, 5.74) is 1.63. The number of rotatable bonds is 6. The average Bonchev–Trinajstić information content (AvgIpc) is 2.62. The number of guanidine groups is 1. The van der Waals surface area contributed by atoms with Crippen molar-refractivity contribution < 1.29 is 4.39 Å². The van der Waals surface area contributed by atoms with Crippen molar-refractivity contribution in [2.24, 2.45) is 10.9 Å².